The molecule has 0 saturated carbocycles. The summed E-state index contributed by atoms with van der Waals surface area (Å²) in [5.41, 5.74) is 7.77. The minimum Gasteiger partial charge on any atom is -0.399 e. The van der Waals surface area contributed by atoms with Crippen molar-refractivity contribution in [3.8, 4) is 6.07 Å². The molecule has 4 nitrogen and oxygen atoms in total. The van der Waals surface area contributed by atoms with Gasteiger partial charge in [-0.25, -0.2) is 0 Å². The lowest BCUT2D eigenvalue weighted by atomic mass is 9.90. The van der Waals surface area contributed by atoms with Crippen LogP contribution in [0, 0.1) is 16.7 Å². The van der Waals surface area contributed by atoms with Crippen molar-refractivity contribution in [1.29, 1.82) is 5.26 Å². The fraction of sp³-hybridized carbons (Fsp3) is 0.467. The van der Waals surface area contributed by atoms with Gasteiger partial charge in [0.05, 0.1) is 11.5 Å². The molecule has 1 heterocycles. The SMILES string of the molecule is CC(C)(C#N)CCCN1Cc2ccc(N)cc2C1=O. The normalized spacial score (nSPS) is 14.4. The van der Waals surface area contributed by atoms with Crippen molar-refractivity contribution in [2.75, 3.05) is 12.3 Å². The van der Waals surface area contributed by atoms with Gasteiger partial charge < -0.3 is 10.6 Å². The molecule has 0 atom stereocenters. The third-order valence-corrected chi connectivity index (χ3v) is 3.55. The number of nitrogens with two attached hydrogens (primary N) is 1. The molecule has 1 aromatic carbocycles. The molecule has 2 N–H and O–H groups in total. The Labute approximate surface area is 113 Å². The molecule has 0 aliphatic carbocycles. The summed E-state index contributed by atoms with van der Waals surface area (Å²) in [6.45, 7) is 5.20. The summed E-state index contributed by atoms with van der Waals surface area (Å²) in [7, 11) is 0. The van der Waals surface area contributed by atoms with Crippen LogP contribution in [0.15, 0.2) is 18.2 Å². The van der Waals surface area contributed by atoms with Gasteiger partial charge in [-0.1, -0.05) is 6.07 Å². The number of amides is 1. The summed E-state index contributed by atoms with van der Waals surface area (Å²) >= 11 is 0. The van der Waals surface area contributed by atoms with Crippen LogP contribution >= 0.6 is 0 Å². The molecule has 0 radical (unpaired) electrons. The van der Waals surface area contributed by atoms with Gasteiger partial charge in [-0.15, -0.1) is 0 Å². The van der Waals surface area contributed by atoms with Crippen LogP contribution in [0.1, 0.15) is 42.6 Å². The number of rotatable bonds is 4. The van der Waals surface area contributed by atoms with Crippen LogP contribution in [-0.4, -0.2) is 17.4 Å². The number of anilines is 1. The second kappa shape index (κ2) is 4.93. The summed E-state index contributed by atoms with van der Waals surface area (Å²) in [6, 6.07) is 7.78. The molecule has 4 heteroatoms. The number of fused-ring (bicyclic) bond motifs is 1. The third-order valence-electron chi connectivity index (χ3n) is 3.55. The smallest absolute Gasteiger partial charge is 0.254 e. The van der Waals surface area contributed by atoms with Gasteiger partial charge in [0.2, 0.25) is 0 Å². The lowest BCUT2D eigenvalue weighted by Gasteiger charge is -2.19. The zero-order valence-electron chi connectivity index (χ0n) is 11.4. The highest BCUT2D eigenvalue weighted by molar-refractivity contribution is 5.99. The summed E-state index contributed by atoms with van der Waals surface area (Å²) < 4.78 is 0. The number of nitrogen functional groups attached to an aromatic ring is 1. The van der Waals surface area contributed by atoms with Gasteiger partial charge in [0.1, 0.15) is 0 Å². The van der Waals surface area contributed by atoms with E-state index in [1.54, 1.807) is 6.07 Å². The van der Waals surface area contributed by atoms with Crippen LogP contribution in [-0.2, 0) is 6.54 Å². The van der Waals surface area contributed by atoms with Crippen molar-refractivity contribution >= 4 is 11.6 Å². The topological polar surface area (TPSA) is 70.1 Å². The van der Waals surface area contributed by atoms with Crippen molar-refractivity contribution in [3.63, 3.8) is 0 Å². The van der Waals surface area contributed by atoms with Crippen molar-refractivity contribution in [2.45, 2.75) is 33.2 Å². The predicted molar refractivity (Wildman–Crippen MR) is 74.2 cm³/mol. The number of carbonyl (C=O) groups excluding carboxylic acids is 1. The summed E-state index contributed by atoms with van der Waals surface area (Å²) in [4.78, 5) is 14.0. The summed E-state index contributed by atoms with van der Waals surface area (Å²) in [5.74, 6) is 0.0528. The van der Waals surface area contributed by atoms with E-state index >= 15 is 0 Å². The number of carbonyl (C=O) groups is 1. The molecule has 0 unspecified atom stereocenters. The van der Waals surface area contributed by atoms with Gasteiger partial charge >= 0.3 is 0 Å². The zero-order valence-corrected chi connectivity index (χ0v) is 11.4. The standard InChI is InChI=1S/C15H19N3O/c1-15(2,10-16)6-3-7-18-9-11-4-5-12(17)8-13(11)14(18)19/h4-5,8H,3,6-7,9,17H2,1-2H3. The Morgan fingerprint density at radius 2 is 2.21 bits per heavy atom. The quantitative estimate of drug-likeness (QED) is 0.843. The largest absolute Gasteiger partial charge is 0.399 e. The molecule has 100 valence electrons. The zero-order chi connectivity index (χ0) is 14.0. The number of nitriles is 1. The van der Waals surface area contributed by atoms with Crippen molar-refractivity contribution < 1.29 is 4.79 Å². The first-order valence-corrected chi connectivity index (χ1v) is 6.52. The molecule has 19 heavy (non-hydrogen) atoms. The molecule has 1 aliphatic rings. The van der Waals surface area contributed by atoms with Crippen molar-refractivity contribution in [2.24, 2.45) is 5.41 Å². The molecule has 0 aromatic heterocycles. The van der Waals surface area contributed by atoms with Crippen LogP contribution in [0.5, 0.6) is 0 Å². The number of benzene rings is 1. The van der Waals surface area contributed by atoms with E-state index in [2.05, 4.69) is 6.07 Å². The van der Waals surface area contributed by atoms with Crippen LogP contribution in [0.3, 0.4) is 0 Å². The number of nitrogens with zero attached hydrogens (tertiary/aromatic N) is 2. The fourth-order valence-electron chi connectivity index (χ4n) is 2.33. The maximum atomic E-state index is 12.2. The lowest BCUT2D eigenvalue weighted by molar-refractivity contribution is 0.0772. The van der Waals surface area contributed by atoms with Crippen LogP contribution in [0.25, 0.3) is 0 Å². The molecular weight excluding hydrogens is 238 g/mol. The molecule has 0 saturated heterocycles. The maximum absolute atomic E-state index is 12.2. The molecular formula is C15H19N3O. The van der Waals surface area contributed by atoms with E-state index in [-0.39, 0.29) is 11.3 Å². The lowest BCUT2D eigenvalue weighted by Crippen LogP contribution is -2.26. The minimum atomic E-state index is -0.319. The van der Waals surface area contributed by atoms with E-state index in [4.69, 9.17) is 11.0 Å². The van der Waals surface area contributed by atoms with Crippen molar-refractivity contribution in [1.82, 2.24) is 4.90 Å². The van der Waals surface area contributed by atoms with E-state index in [1.807, 2.05) is 30.9 Å². The Balaban J connectivity index is 1.96. The molecule has 1 amide bonds. The van der Waals surface area contributed by atoms with Crippen molar-refractivity contribution in [3.05, 3.63) is 29.3 Å². The van der Waals surface area contributed by atoms with Gasteiger partial charge in [-0.3, -0.25) is 4.79 Å². The van der Waals surface area contributed by atoms with E-state index in [0.29, 0.717) is 18.8 Å². The fourth-order valence-corrected chi connectivity index (χ4v) is 2.33. The Morgan fingerprint density at radius 3 is 2.89 bits per heavy atom. The van der Waals surface area contributed by atoms with Gasteiger partial charge in [0.25, 0.3) is 5.91 Å². The van der Waals surface area contributed by atoms with Crippen LogP contribution < -0.4 is 5.73 Å². The molecule has 0 bridgehead atoms. The first kappa shape index (κ1) is 13.4. The highest BCUT2D eigenvalue weighted by Gasteiger charge is 2.27. The van der Waals surface area contributed by atoms with E-state index in [0.717, 1.165) is 24.0 Å². The maximum Gasteiger partial charge on any atom is 0.254 e. The van der Waals surface area contributed by atoms with Gasteiger partial charge in [-0.05, 0) is 44.4 Å². The average molecular weight is 257 g/mol. The highest BCUT2D eigenvalue weighted by Crippen LogP contribution is 2.26. The van der Waals surface area contributed by atoms with Gasteiger partial charge in [0, 0.05) is 24.3 Å². The molecule has 2 rings (SSSR count). The Hall–Kier alpha value is -2.02. The highest BCUT2D eigenvalue weighted by atomic mass is 16.2. The second-order valence-corrected chi connectivity index (χ2v) is 5.74. The average Bonchev–Trinajstić information content (AvgIpc) is 2.67. The second-order valence-electron chi connectivity index (χ2n) is 5.74. The molecule has 1 aliphatic heterocycles. The van der Waals surface area contributed by atoms with Gasteiger partial charge in [0.15, 0.2) is 0 Å². The van der Waals surface area contributed by atoms with E-state index in [1.165, 1.54) is 0 Å². The van der Waals surface area contributed by atoms with E-state index < -0.39 is 0 Å². The Kier molecular flexibility index (Phi) is 3.48. The van der Waals surface area contributed by atoms with Crippen LogP contribution in [0.2, 0.25) is 0 Å². The minimum absolute atomic E-state index is 0.0528. The predicted octanol–water partition coefficient (Wildman–Crippen LogP) is 2.55. The monoisotopic (exact) mass is 257 g/mol. The third kappa shape index (κ3) is 2.87. The van der Waals surface area contributed by atoms with E-state index in [9.17, 15) is 4.79 Å². The first-order chi connectivity index (χ1) is 8.93. The molecule has 1 aromatic rings. The molecule has 0 fully saturated rings. The number of hydrogen-bond donors (Lipinski definition) is 1. The Morgan fingerprint density at radius 1 is 1.47 bits per heavy atom. The summed E-state index contributed by atoms with van der Waals surface area (Å²) in [5, 5.41) is 8.97. The van der Waals surface area contributed by atoms with Crippen LogP contribution in [0.4, 0.5) is 5.69 Å². The summed E-state index contributed by atoms with van der Waals surface area (Å²) in [6.07, 6.45) is 1.64. The Bertz CT molecular complexity index is 543. The number of hydrogen-bond acceptors (Lipinski definition) is 3. The molecule has 0 spiro atoms. The first-order valence-electron chi connectivity index (χ1n) is 6.52. The van der Waals surface area contributed by atoms with Gasteiger partial charge in [-0.2, -0.15) is 5.26 Å².